The normalized spacial score (nSPS) is 15.5. The van der Waals surface area contributed by atoms with Gasteiger partial charge in [-0.3, -0.25) is 4.90 Å². The van der Waals surface area contributed by atoms with Gasteiger partial charge in [0.15, 0.2) is 0 Å². The Morgan fingerprint density at radius 2 is 1.48 bits per heavy atom. The van der Waals surface area contributed by atoms with Crippen molar-refractivity contribution in [2.24, 2.45) is 5.73 Å². The molecule has 3 N–H and O–H groups in total. The monoisotopic (exact) mass is 385 g/mol. The number of nitrogens with one attached hydrogen (secondary N) is 1. The summed E-state index contributed by atoms with van der Waals surface area (Å²) in [6.07, 6.45) is 2.42. The smallest absolute Gasteiger partial charge is 0.0233 e. The predicted octanol–water partition coefficient (Wildman–Crippen LogP) is 4.57. The van der Waals surface area contributed by atoms with Crippen LogP contribution in [-0.2, 0) is 19.6 Å². The van der Waals surface area contributed by atoms with Gasteiger partial charge >= 0.3 is 0 Å². The lowest BCUT2D eigenvalue weighted by Crippen LogP contribution is -2.41. The van der Waals surface area contributed by atoms with E-state index in [9.17, 15) is 0 Å². The van der Waals surface area contributed by atoms with Gasteiger partial charge in [0.1, 0.15) is 0 Å². The minimum Gasteiger partial charge on any atom is -0.326 e. The summed E-state index contributed by atoms with van der Waals surface area (Å²) in [7, 11) is 0. The Kier molecular flexibility index (Phi) is 6.73. The second kappa shape index (κ2) is 9.84. The molecule has 0 atom stereocenters. The van der Waals surface area contributed by atoms with Crippen LogP contribution in [0, 0.1) is 0 Å². The number of hydrogen-bond donors (Lipinski definition) is 2. The van der Waals surface area contributed by atoms with Crippen LogP contribution in [0.3, 0.4) is 0 Å². The summed E-state index contributed by atoms with van der Waals surface area (Å²) in [5.41, 5.74) is 12.3. The minimum absolute atomic E-state index is 0.590. The molecule has 29 heavy (non-hydrogen) atoms. The van der Waals surface area contributed by atoms with E-state index in [2.05, 4.69) is 89.1 Å². The standard InChI is InChI=1S/C26H31N3/c27-18-21-10-12-23(13-11-21)26-9-5-4-8-24(26)19-28-25-14-16-29(17-15-25)20-22-6-2-1-3-7-22/h1-13,25,28H,14-20,27H2. The van der Waals surface area contributed by atoms with Gasteiger partial charge in [-0.25, -0.2) is 0 Å². The van der Waals surface area contributed by atoms with Gasteiger partial charge in [-0.05, 0) is 53.7 Å². The van der Waals surface area contributed by atoms with Gasteiger partial charge in [-0.15, -0.1) is 0 Å². The fourth-order valence-electron chi connectivity index (χ4n) is 4.17. The first-order chi connectivity index (χ1) is 14.3. The maximum atomic E-state index is 5.74. The molecule has 1 heterocycles. The van der Waals surface area contributed by atoms with E-state index in [4.69, 9.17) is 5.73 Å². The number of likely N-dealkylation sites (tertiary alicyclic amines) is 1. The second-order valence-corrected chi connectivity index (χ2v) is 7.98. The van der Waals surface area contributed by atoms with Crippen molar-refractivity contribution in [2.75, 3.05) is 13.1 Å². The van der Waals surface area contributed by atoms with E-state index in [1.807, 2.05) is 0 Å². The highest BCUT2D eigenvalue weighted by Gasteiger charge is 2.19. The molecule has 3 heteroatoms. The van der Waals surface area contributed by atoms with Crippen LogP contribution in [0.15, 0.2) is 78.9 Å². The molecule has 1 aliphatic heterocycles. The lowest BCUT2D eigenvalue weighted by molar-refractivity contribution is 0.190. The van der Waals surface area contributed by atoms with Crippen LogP contribution in [-0.4, -0.2) is 24.0 Å². The molecule has 4 rings (SSSR count). The van der Waals surface area contributed by atoms with Crippen molar-refractivity contribution >= 4 is 0 Å². The maximum Gasteiger partial charge on any atom is 0.0233 e. The molecule has 0 aliphatic carbocycles. The topological polar surface area (TPSA) is 41.3 Å². The Labute approximate surface area is 174 Å². The number of hydrogen-bond acceptors (Lipinski definition) is 3. The number of rotatable bonds is 7. The van der Waals surface area contributed by atoms with E-state index >= 15 is 0 Å². The van der Waals surface area contributed by atoms with Crippen LogP contribution >= 0.6 is 0 Å². The zero-order valence-electron chi connectivity index (χ0n) is 17.1. The molecular weight excluding hydrogens is 354 g/mol. The van der Waals surface area contributed by atoms with E-state index in [-0.39, 0.29) is 0 Å². The largest absolute Gasteiger partial charge is 0.326 e. The lowest BCUT2D eigenvalue weighted by Gasteiger charge is -2.32. The summed E-state index contributed by atoms with van der Waals surface area (Å²) in [4.78, 5) is 2.57. The van der Waals surface area contributed by atoms with Crippen molar-refractivity contribution in [1.82, 2.24) is 10.2 Å². The zero-order chi connectivity index (χ0) is 19.9. The number of nitrogens with two attached hydrogens (primary N) is 1. The molecule has 3 aromatic carbocycles. The third-order valence-electron chi connectivity index (χ3n) is 5.94. The second-order valence-electron chi connectivity index (χ2n) is 7.98. The van der Waals surface area contributed by atoms with E-state index in [0.29, 0.717) is 12.6 Å². The van der Waals surface area contributed by atoms with Gasteiger partial charge in [-0.2, -0.15) is 0 Å². The van der Waals surface area contributed by atoms with Crippen LogP contribution in [0.1, 0.15) is 29.5 Å². The molecule has 0 amide bonds. The molecule has 0 saturated carbocycles. The van der Waals surface area contributed by atoms with Crippen LogP contribution < -0.4 is 11.1 Å². The van der Waals surface area contributed by atoms with Crippen LogP contribution in [0.4, 0.5) is 0 Å². The van der Waals surface area contributed by atoms with Gasteiger partial charge in [0, 0.05) is 25.7 Å². The number of piperidine rings is 1. The van der Waals surface area contributed by atoms with Crippen LogP contribution in [0.2, 0.25) is 0 Å². The summed E-state index contributed by atoms with van der Waals surface area (Å²) in [6.45, 7) is 4.89. The highest BCUT2D eigenvalue weighted by molar-refractivity contribution is 5.67. The van der Waals surface area contributed by atoms with Crippen molar-refractivity contribution in [3.05, 3.63) is 95.6 Å². The van der Waals surface area contributed by atoms with Gasteiger partial charge in [0.25, 0.3) is 0 Å². The van der Waals surface area contributed by atoms with E-state index in [1.54, 1.807) is 0 Å². The molecule has 3 nitrogen and oxygen atoms in total. The molecule has 1 saturated heterocycles. The molecular formula is C26H31N3. The summed E-state index contributed by atoms with van der Waals surface area (Å²) in [5, 5.41) is 3.81. The van der Waals surface area contributed by atoms with Crippen LogP contribution in [0.5, 0.6) is 0 Å². The quantitative estimate of drug-likeness (QED) is 0.626. The van der Waals surface area contributed by atoms with E-state index < -0.39 is 0 Å². The van der Waals surface area contributed by atoms with E-state index in [0.717, 1.165) is 26.2 Å². The fourth-order valence-corrected chi connectivity index (χ4v) is 4.17. The number of nitrogens with zero attached hydrogens (tertiary/aromatic N) is 1. The van der Waals surface area contributed by atoms with Crippen LogP contribution in [0.25, 0.3) is 11.1 Å². The first-order valence-electron chi connectivity index (χ1n) is 10.7. The lowest BCUT2D eigenvalue weighted by atomic mass is 9.97. The molecule has 0 bridgehead atoms. The minimum atomic E-state index is 0.590. The number of benzene rings is 3. The van der Waals surface area contributed by atoms with Gasteiger partial charge in [0.05, 0.1) is 0 Å². The molecule has 1 fully saturated rings. The zero-order valence-corrected chi connectivity index (χ0v) is 17.1. The van der Waals surface area contributed by atoms with Crippen molar-refractivity contribution < 1.29 is 0 Å². The SMILES string of the molecule is NCc1ccc(-c2ccccc2CNC2CCN(Cc3ccccc3)CC2)cc1. The molecule has 0 aromatic heterocycles. The molecule has 3 aromatic rings. The summed E-state index contributed by atoms with van der Waals surface area (Å²) >= 11 is 0. The fraction of sp³-hybridized carbons (Fsp3) is 0.308. The third-order valence-corrected chi connectivity index (χ3v) is 5.94. The highest BCUT2D eigenvalue weighted by atomic mass is 15.1. The average molecular weight is 386 g/mol. The van der Waals surface area contributed by atoms with Crippen molar-refractivity contribution in [3.63, 3.8) is 0 Å². The molecule has 150 valence electrons. The Morgan fingerprint density at radius 3 is 2.21 bits per heavy atom. The predicted molar refractivity (Wildman–Crippen MR) is 121 cm³/mol. The third kappa shape index (κ3) is 5.33. The molecule has 1 aliphatic rings. The highest BCUT2D eigenvalue weighted by Crippen LogP contribution is 2.24. The van der Waals surface area contributed by atoms with Crippen molar-refractivity contribution in [2.45, 2.75) is 38.5 Å². The summed E-state index contributed by atoms with van der Waals surface area (Å²) in [6, 6.07) is 28.7. The maximum absolute atomic E-state index is 5.74. The first kappa shape index (κ1) is 19.8. The van der Waals surface area contributed by atoms with Gasteiger partial charge < -0.3 is 11.1 Å². The molecule has 0 spiro atoms. The molecule has 0 radical (unpaired) electrons. The van der Waals surface area contributed by atoms with Crippen molar-refractivity contribution in [1.29, 1.82) is 0 Å². The Balaban J connectivity index is 1.32. The summed E-state index contributed by atoms with van der Waals surface area (Å²) < 4.78 is 0. The Morgan fingerprint density at radius 1 is 0.793 bits per heavy atom. The van der Waals surface area contributed by atoms with Crippen molar-refractivity contribution in [3.8, 4) is 11.1 Å². The summed E-state index contributed by atoms with van der Waals surface area (Å²) in [5.74, 6) is 0. The molecule has 0 unspecified atom stereocenters. The van der Waals surface area contributed by atoms with Gasteiger partial charge in [0.2, 0.25) is 0 Å². The first-order valence-corrected chi connectivity index (χ1v) is 10.7. The Hall–Kier alpha value is -2.46. The van der Waals surface area contributed by atoms with Gasteiger partial charge in [-0.1, -0.05) is 78.9 Å². The Bertz CT molecular complexity index is 881. The average Bonchev–Trinajstić information content (AvgIpc) is 2.80. The van der Waals surface area contributed by atoms with E-state index in [1.165, 1.54) is 40.7 Å².